The maximum atomic E-state index is 4.73. The predicted octanol–water partition coefficient (Wildman–Crippen LogP) is 4.71. The van der Waals surface area contributed by atoms with Crippen LogP contribution in [0.25, 0.3) is 0 Å². The summed E-state index contributed by atoms with van der Waals surface area (Å²) >= 11 is 3.77. The SMILES string of the molecule is Cl.c1ccc([C@H]2CN3CCSC3=N2)cc1.c1ccc([C@H]2CN3CCSC3=N2)cc1. The summed E-state index contributed by atoms with van der Waals surface area (Å²) in [5.74, 6) is 2.42. The van der Waals surface area contributed by atoms with Gasteiger partial charge in [-0.05, 0) is 11.1 Å². The number of rotatable bonds is 2. The van der Waals surface area contributed by atoms with Crippen LogP contribution in [0, 0.1) is 0 Å². The molecule has 0 bridgehead atoms. The van der Waals surface area contributed by atoms with Crippen LogP contribution in [0.1, 0.15) is 23.2 Å². The Morgan fingerprint density at radius 2 is 1.07 bits per heavy atom. The van der Waals surface area contributed by atoms with Crippen molar-refractivity contribution >= 4 is 46.3 Å². The van der Waals surface area contributed by atoms with Gasteiger partial charge in [-0.3, -0.25) is 9.98 Å². The molecule has 4 heterocycles. The first-order valence-corrected chi connectivity index (χ1v) is 11.8. The second kappa shape index (κ2) is 9.45. The monoisotopic (exact) mass is 444 g/mol. The van der Waals surface area contributed by atoms with Gasteiger partial charge in [-0.25, -0.2) is 0 Å². The van der Waals surface area contributed by atoms with Crippen molar-refractivity contribution in [2.75, 3.05) is 37.7 Å². The third-order valence-corrected chi connectivity index (χ3v) is 7.43. The molecule has 0 unspecified atom stereocenters. The van der Waals surface area contributed by atoms with Crippen molar-refractivity contribution in [2.45, 2.75) is 12.1 Å². The van der Waals surface area contributed by atoms with E-state index >= 15 is 0 Å². The minimum Gasteiger partial charge on any atom is -0.348 e. The van der Waals surface area contributed by atoms with Crippen molar-refractivity contribution in [1.29, 1.82) is 0 Å². The lowest BCUT2D eigenvalue weighted by atomic mass is 10.1. The maximum absolute atomic E-state index is 4.73. The summed E-state index contributed by atoms with van der Waals surface area (Å²) in [6.45, 7) is 4.50. The third-order valence-electron chi connectivity index (χ3n) is 5.41. The Hall–Kier alpha value is -1.63. The van der Waals surface area contributed by atoms with E-state index in [0.717, 1.165) is 13.1 Å². The molecular formula is C22H25ClN4S2. The van der Waals surface area contributed by atoms with Gasteiger partial charge >= 0.3 is 0 Å². The highest BCUT2D eigenvalue weighted by Crippen LogP contribution is 2.32. The Labute approximate surface area is 187 Å². The lowest BCUT2D eigenvalue weighted by molar-refractivity contribution is 0.464. The van der Waals surface area contributed by atoms with Crippen LogP contribution in [0.15, 0.2) is 70.6 Å². The average molecular weight is 445 g/mol. The van der Waals surface area contributed by atoms with Crippen LogP contribution in [0.2, 0.25) is 0 Å². The van der Waals surface area contributed by atoms with Gasteiger partial charge in [-0.1, -0.05) is 84.2 Å². The van der Waals surface area contributed by atoms with Crippen molar-refractivity contribution in [3.05, 3.63) is 71.8 Å². The fourth-order valence-corrected chi connectivity index (χ4v) is 6.01. The van der Waals surface area contributed by atoms with E-state index < -0.39 is 0 Å². The summed E-state index contributed by atoms with van der Waals surface area (Å²) in [7, 11) is 0. The predicted molar refractivity (Wildman–Crippen MR) is 129 cm³/mol. The summed E-state index contributed by atoms with van der Waals surface area (Å²) in [5.41, 5.74) is 2.69. The highest BCUT2D eigenvalue weighted by atomic mass is 35.5. The molecule has 152 valence electrons. The molecular weight excluding hydrogens is 420 g/mol. The number of hydrogen-bond donors (Lipinski definition) is 0. The molecule has 4 nitrogen and oxygen atoms in total. The number of nitrogens with zero attached hydrogens (tertiary/aromatic N) is 4. The average Bonchev–Trinajstić information content (AvgIpc) is 3.50. The highest BCUT2D eigenvalue weighted by Gasteiger charge is 2.30. The zero-order valence-corrected chi connectivity index (χ0v) is 18.6. The molecule has 6 rings (SSSR count). The van der Waals surface area contributed by atoms with Gasteiger partial charge in [0.05, 0.1) is 12.1 Å². The summed E-state index contributed by atoms with van der Waals surface area (Å²) in [6, 6.07) is 21.9. The Morgan fingerprint density at radius 1 is 0.655 bits per heavy atom. The topological polar surface area (TPSA) is 31.2 Å². The van der Waals surface area contributed by atoms with Gasteiger partial charge in [0.1, 0.15) is 0 Å². The standard InChI is InChI=1S/2C11H12N2S.ClH/c2*1-2-4-9(5-3-1)10-8-13-6-7-14-11(13)12-10;/h2*1-5,10H,6-8H2;1H/t2*10-;/m11./s1. The molecule has 4 aliphatic heterocycles. The van der Waals surface area contributed by atoms with Gasteiger partial charge in [0.25, 0.3) is 0 Å². The second-order valence-corrected chi connectivity index (χ2v) is 9.39. The summed E-state index contributed by atoms with van der Waals surface area (Å²) in [4.78, 5) is 14.2. The van der Waals surface area contributed by atoms with Crippen LogP contribution < -0.4 is 0 Å². The van der Waals surface area contributed by atoms with Crippen LogP contribution in [-0.2, 0) is 0 Å². The molecule has 0 amide bonds. The molecule has 2 saturated heterocycles. The molecule has 7 heteroatoms. The Kier molecular flexibility index (Phi) is 6.73. The molecule has 2 aromatic carbocycles. The lowest BCUT2D eigenvalue weighted by Crippen LogP contribution is -2.21. The minimum atomic E-state index is 0. The van der Waals surface area contributed by atoms with Crippen molar-refractivity contribution in [3.8, 4) is 0 Å². The van der Waals surface area contributed by atoms with Gasteiger partial charge in [-0.15, -0.1) is 12.4 Å². The van der Waals surface area contributed by atoms with E-state index in [9.17, 15) is 0 Å². The normalized spacial score (nSPS) is 24.1. The quantitative estimate of drug-likeness (QED) is 0.671. The molecule has 29 heavy (non-hydrogen) atoms. The smallest absolute Gasteiger partial charge is 0.160 e. The second-order valence-electron chi connectivity index (χ2n) is 7.27. The molecule has 2 fully saturated rings. The Morgan fingerprint density at radius 3 is 1.45 bits per heavy atom. The lowest BCUT2D eigenvalue weighted by Gasteiger charge is -2.12. The number of hydrogen-bond acceptors (Lipinski definition) is 6. The van der Waals surface area contributed by atoms with Crippen LogP contribution in [0.5, 0.6) is 0 Å². The summed E-state index contributed by atoms with van der Waals surface area (Å²) in [6.07, 6.45) is 0. The number of benzene rings is 2. The van der Waals surface area contributed by atoms with E-state index in [0.29, 0.717) is 12.1 Å². The van der Waals surface area contributed by atoms with E-state index in [2.05, 4.69) is 70.5 Å². The fraction of sp³-hybridized carbons (Fsp3) is 0.364. The maximum Gasteiger partial charge on any atom is 0.160 e. The first kappa shape index (κ1) is 20.6. The molecule has 0 aliphatic carbocycles. The highest BCUT2D eigenvalue weighted by molar-refractivity contribution is 8.14. The zero-order valence-electron chi connectivity index (χ0n) is 16.2. The van der Waals surface area contributed by atoms with Gasteiger partial charge in [0, 0.05) is 37.7 Å². The number of aliphatic imine (C=N–C) groups is 2. The molecule has 4 aliphatic rings. The number of fused-ring (bicyclic) bond motifs is 2. The van der Waals surface area contributed by atoms with E-state index in [4.69, 9.17) is 9.98 Å². The molecule has 2 atom stereocenters. The molecule has 2 aromatic rings. The molecule has 0 spiro atoms. The number of thioether (sulfide) groups is 2. The Balaban J connectivity index is 0.000000137. The Bertz CT molecular complexity index is 801. The van der Waals surface area contributed by atoms with Crippen molar-refractivity contribution in [2.24, 2.45) is 9.98 Å². The largest absolute Gasteiger partial charge is 0.348 e. The summed E-state index contributed by atoms with van der Waals surface area (Å²) in [5, 5.41) is 2.50. The van der Waals surface area contributed by atoms with E-state index in [1.807, 2.05) is 23.5 Å². The van der Waals surface area contributed by atoms with E-state index in [-0.39, 0.29) is 12.4 Å². The van der Waals surface area contributed by atoms with Crippen LogP contribution in [-0.4, -0.2) is 57.8 Å². The fourth-order valence-electron chi connectivity index (χ4n) is 3.92. The minimum absolute atomic E-state index is 0. The number of halogens is 1. The van der Waals surface area contributed by atoms with Gasteiger partial charge in [0.2, 0.25) is 0 Å². The van der Waals surface area contributed by atoms with Crippen LogP contribution in [0.4, 0.5) is 0 Å². The first-order chi connectivity index (χ1) is 13.9. The van der Waals surface area contributed by atoms with Crippen molar-refractivity contribution in [3.63, 3.8) is 0 Å². The van der Waals surface area contributed by atoms with Gasteiger partial charge < -0.3 is 9.80 Å². The van der Waals surface area contributed by atoms with Gasteiger partial charge in [-0.2, -0.15) is 0 Å². The number of amidine groups is 2. The molecule has 0 radical (unpaired) electrons. The van der Waals surface area contributed by atoms with E-state index in [1.54, 1.807) is 0 Å². The van der Waals surface area contributed by atoms with E-state index in [1.165, 1.54) is 46.1 Å². The van der Waals surface area contributed by atoms with Crippen LogP contribution in [0.3, 0.4) is 0 Å². The van der Waals surface area contributed by atoms with Gasteiger partial charge in [0.15, 0.2) is 10.3 Å². The van der Waals surface area contributed by atoms with Crippen molar-refractivity contribution in [1.82, 2.24) is 9.80 Å². The third kappa shape index (κ3) is 4.60. The van der Waals surface area contributed by atoms with Crippen molar-refractivity contribution < 1.29 is 0 Å². The molecule has 0 aromatic heterocycles. The zero-order chi connectivity index (χ0) is 18.8. The summed E-state index contributed by atoms with van der Waals surface area (Å²) < 4.78 is 0. The molecule has 0 N–H and O–H groups in total. The molecule has 0 saturated carbocycles. The van der Waals surface area contributed by atoms with Crippen LogP contribution >= 0.6 is 35.9 Å². The first-order valence-electron chi connectivity index (χ1n) is 9.88.